The number of amides is 1. The number of hydrazone groups is 1. The van der Waals surface area contributed by atoms with Crippen LogP contribution in [0.1, 0.15) is 41.2 Å². The van der Waals surface area contributed by atoms with Gasteiger partial charge in [-0.15, -0.1) is 0 Å². The van der Waals surface area contributed by atoms with Crippen LogP contribution in [-0.2, 0) is 6.42 Å². The third-order valence-electron chi connectivity index (χ3n) is 5.02. The molecule has 2 heterocycles. The molecule has 4 rings (SSSR count). The van der Waals surface area contributed by atoms with Gasteiger partial charge in [-0.3, -0.25) is 9.89 Å². The van der Waals surface area contributed by atoms with Crippen LogP contribution in [0.15, 0.2) is 59.7 Å². The van der Waals surface area contributed by atoms with Crippen molar-refractivity contribution in [3.63, 3.8) is 0 Å². The van der Waals surface area contributed by atoms with Crippen LogP contribution < -0.4 is 5.43 Å². The molecule has 0 saturated carbocycles. The average Bonchev–Trinajstić information content (AvgIpc) is 3.33. The molecule has 0 unspecified atom stereocenters. The van der Waals surface area contributed by atoms with E-state index in [4.69, 9.17) is 0 Å². The quantitative estimate of drug-likeness (QED) is 0.320. The minimum Gasteiger partial charge on any atom is -0.358 e. The summed E-state index contributed by atoms with van der Waals surface area (Å²) in [5, 5.41) is 12.3. The lowest BCUT2D eigenvalue weighted by molar-refractivity contribution is 0.0950. The van der Waals surface area contributed by atoms with E-state index in [0.717, 1.165) is 39.8 Å². The Morgan fingerprint density at radius 1 is 1.17 bits per heavy atom. The predicted molar refractivity (Wildman–Crippen MR) is 121 cm³/mol. The van der Waals surface area contributed by atoms with Crippen LogP contribution >= 0.6 is 0 Å². The summed E-state index contributed by atoms with van der Waals surface area (Å²) < 4.78 is 0. The number of nitrogens with one attached hydrogen (secondary N) is 3. The van der Waals surface area contributed by atoms with Gasteiger partial charge < -0.3 is 4.98 Å². The predicted octanol–water partition coefficient (Wildman–Crippen LogP) is 4.83. The van der Waals surface area contributed by atoms with Crippen LogP contribution in [0.3, 0.4) is 0 Å². The number of aryl methyl sites for hydroxylation is 1. The summed E-state index contributed by atoms with van der Waals surface area (Å²) >= 11 is 0. The zero-order chi connectivity index (χ0) is 21.1. The number of hydrogen-bond acceptors (Lipinski definition) is 3. The molecule has 0 spiro atoms. The van der Waals surface area contributed by atoms with Crippen LogP contribution in [0.25, 0.3) is 22.2 Å². The van der Waals surface area contributed by atoms with E-state index < -0.39 is 0 Å². The molecule has 0 atom stereocenters. The largest absolute Gasteiger partial charge is 0.358 e. The highest BCUT2D eigenvalue weighted by atomic mass is 16.2. The molecule has 30 heavy (non-hydrogen) atoms. The van der Waals surface area contributed by atoms with E-state index in [1.54, 1.807) is 12.3 Å². The van der Waals surface area contributed by atoms with Crippen LogP contribution in [0.2, 0.25) is 0 Å². The van der Waals surface area contributed by atoms with Gasteiger partial charge in [-0.1, -0.05) is 56.3 Å². The van der Waals surface area contributed by atoms with E-state index in [0.29, 0.717) is 11.6 Å². The average molecular weight is 399 g/mol. The second kappa shape index (κ2) is 8.37. The molecule has 0 radical (unpaired) electrons. The van der Waals surface area contributed by atoms with E-state index in [2.05, 4.69) is 51.7 Å². The molecule has 4 aromatic rings. The van der Waals surface area contributed by atoms with Gasteiger partial charge in [-0.2, -0.15) is 10.2 Å². The fraction of sp³-hybridized carbons (Fsp3) is 0.208. The topological polar surface area (TPSA) is 85.9 Å². The number of carbonyl (C=O) groups excluding carboxylic acids is 1. The van der Waals surface area contributed by atoms with E-state index >= 15 is 0 Å². The molecule has 0 aliphatic rings. The van der Waals surface area contributed by atoms with Crippen LogP contribution in [0.5, 0.6) is 0 Å². The van der Waals surface area contributed by atoms with Crippen molar-refractivity contribution in [1.29, 1.82) is 0 Å². The molecule has 6 heteroatoms. The zero-order valence-corrected chi connectivity index (χ0v) is 17.4. The van der Waals surface area contributed by atoms with Crippen molar-refractivity contribution < 1.29 is 4.79 Å². The third-order valence-corrected chi connectivity index (χ3v) is 5.02. The number of benzene rings is 2. The molecule has 2 aromatic carbocycles. The standard InChI is InChI=1S/C24H25N5O/c1-15(2)12-17-8-10-18(11-9-17)22-13-23(28-27-22)24(30)29-25-14-20-16(3)26-21-7-5-4-6-19(20)21/h4-11,13-15,26H,12H2,1-3H3,(H,27,28)(H,29,30)/b25-14+. The van der Waals surface area contributed by atoms with E-state index in [-0.39, 0.29) is 5.91 Å². The monoisotopic (exact) mass is 399 g/mol. The normalized spacial score (nSPS) is 11.6. The summed E-state index contributed by atoms with van der Waals surface area (Å²) in [6, 6.07) is 18.0. The number of nitrogens with zero attached hydrogens (tertiary/aromatic N) is 2. The molecule has 0 aliphatic heterocycles. The van der Waals surface area contributed by atoms with Crippen LogP contribution in [0.4, 0.5) is 0 Å². The van der Waals surface area contributed by atoms with Gasteiger partial charge >= 0.3 is 0 Å². The molecule has 0 bridgehead atoms. The van der Waals surface area contributed by atoms with Crippen molar-refractivity contribution in [3.05, 3.63) is 77.1 Å². The molecular formula is C24H25N5O. The van der Waals surface area contributed by atoms with Gasteiger partial charge in [0, 0.05) is 27.7 Å². The number of aromatic nitrogens is 3. The SMILES string of the molecule is Cc1[nH]c2ccccc2c1/C=N/NC(=O)c1cc(-c2ccc(CC(C)C)cc2)n[nH]1. The minimum absolute atomic E-state index is 0.334. The first-order valence-corrected chi connectivity index (χ1v) is 10.1. The number of aromatic amines is 2. The Morgan fingerprint density at radius 2 is 1.93 bits per heavy atom. The lowest BCUT2D eigenvalue weighted by Crippen LogP contribution is -2.18. The molecule has 1 amide bonds. The molecule has 3 N–H and O–H groups in total. The third kappa shape index (κ3) is 4.17. The first kappa shape index (κ1) is 19.6. The van der Waals surface area contributed by atoms with Gasteiger partial charge in [0.1, 0.15) is 5.69 Å². The van der Waals surface area contributed by atoms with Crippen LogP contribution in [-0.4, -0.2) is 27.3 Å². The fourth-order valence-corrected chi connectivity index (χ4v) is 3.55. The highest BCUT2D eigenvalue weighted by Crippen LogP contribution is 2.21. The van der Waals surface area contributed by atoms with Crippen molar-refractivity contribution in [2.75, 3.05) is 0 Å². The van der Waals surface area contributed by atoms with Gasteiger partial charge in [0.25, 0.3) is 5.91 Å². The summed E-state index contributed by atoms with van der Waals surface area (Å²) in [5.41, 5.74) is 8.93. The van der Waals surface area contributed by atoms with Crippen molar-refractivity contribution in [2.45, 2.75) is 27.2 Å². The summed E-state index contributed by atoms with van der Waals surface area (Å²) in [7, 11) is 0. The number of fused-ring (bicyclic) bond motifs is 1. The smallest absolute Gasteiger partial charge is 0.289 e. The lowest BCUT2D eigenvalue weighted by atomic mass is 10.0. The number of H-pyrrole nitrogens is 2. The first-order valence-electron chi connectivity index (χ1n) is 10.1. The Labute approximate surface area is 175 Å². The maximum Gasteiger partial charge on any atom is 0.289 e. The summed E-state index contributed by atoms with van der Waals surface area (Å²) in [4.78, 5) is 15.8. The van der Waals surface area contributed by atoms with Gasteiger partial charge in [0.05, 0.1) is 11.9 Å². The van der Waals surface area contributed by atoms with Gasteiger partial charge in [-0.25, -0.2) is 5.43 Å². The Bertz CT molecular complexity index is 1200. The van der Waals surface area contributed by atoms with Crippen molar-refractivity contribution in [3.8, 4) is 11.3 Å². The van der Waals surface area contributed by atoms with E-state index in [9.17, 15) is 4.79 Å². The molecule has 0 aliphatic carbocycles. The molecule has 0 saturated heterocycles. The van der Waals surface area contributed by atoms with Crippen molar-refractivity contribution in [2.24, 2.45) is 11.0 Å². The van der Waals surface area contributed by atoms with E-state index in [1.165, 1.54) is 5.56 Å². The van der Waals surface area contributed by atoms with Gasteiger partial charge in [-0.05, 0) is 37.0 Å². The number of carbonyl (C=O) groups is 1. The minimum atomic E-state index is -0.334. The molecule has 2 aromatic heterocycles. The number of para-hydroxylation sites is 1. The van der Waals surface area contributed by atoms with Gasteiger partial charge in [0.2, 0.25) is 0 Å². The highest BCUT2D eigenvalue weighted by Gasteiger charge is 2.11. The van der Waals surface area contributed by atoms with Gasteiger partial charge in [0.15, 0.2) is 0 Å². The maximum absolute atomic E-state index is 12.4. The zero-order valence-electron chi connectivity index (χ0n) is 17.4. The molecule has 0 fully saturated rings. The molecular weight excluding hydrogens is 374 g/mol. The Hall–Kier alpha value is -3.67. The highest BCUT2D eigenvalue weighted by molar-refractivity contribution is 6.01. The molecule has 152 valence electrons. The van der Waals surface area contributed by atoms with Crippen molar-refractivity contribution >= 4 is 23.0 Å². The second-order valence-electron chi connectivity index (χ2n) is 7.87. The fourth-order valence-electron chi connectivity index (χ4n) is 3.55. The summed E-state index contributed by atoms with van der Waals surface area (Å²) in [6.07, 6.45) is 2.71. The Morgan fingerprint density at radius 3 is 2.70 bits per heavy atom. The first-order chi connectivity index (χ1) is 14.5. The van der Waals surface area contributed by atoms with Crippen LogP contribution in [0, 0.1) is 12.8 Å². The summed E-state index contributed by atoms with van der Waals surface area (Å²) in [5.74, 6) is 0.282. The number of rotatable bonds is 6. The Kier molecular flexibility index (Phi) is 5.48. The summed E-state index contributed by atoms with van der Waals surface area (Å²) in [6.45, 7) is 6.39. The lowest BCUT2D eigenvalue weighted by Gasteiger charge is -2.05. The van der Waals surface area contributed by atoms with E-state index in [1.807, 2.05) is 43.3 Å². The molecule has 6 nitrogen and oxygen atoms in total. The van der Waals surface area contributed by atoms with Crippen molar-refractivity contribution in [1.82, 2.24) is 20.6 Å². The Balaban J connectivity index is 1.44. The number of hydrogen-bond donors (Lipinski definition) is 3. The second-order valence-corrected chi connectivity index (χ2v) is 7.87. The maximum atomic E-state index is 12.4.